The number of hydrogen-bond acceptors (Lipinski definition) is 3. The molecule has 2 aromatic carbocycles. The minimum atomic E-state index is 0.426. The van der Waals surface area contributed by atoms with Crippen molar-refractivity contribution in [2.45, 2.75) is 18.2 Å². The van der Waals surface area contributed by atoms with Gasteiger partial charge in [0.1, 0.15) is 5.75 Å². The zero-order valence-electron chi connectivity index (χ0n) is 13.9. The molecule has 2 aromatic rings. The van der Waals surface area contributed by atoms with E-state index in [0.717, 1.165) is 30.0 Å². The lowest BCUT2D eigenvalue weighted by Crippen LogP contribution is -2.35. The molecule has 126 valence electrons. The predicted molar refractivity (Wildman–Crippen MR) is 102 cm³/mol. The van der Waals surface area contributed by atoms with Crippen molar-refractivity contribution < 1.29 is 4.74 Å². The number of nitrogens with two attached hydrogens (primary N) is 1. The highest BCUT2D eigenvalue weighted by molar-refractivity contribution is 7.99. The van der Waals surface area contributed by atoms with Gasteiger partial charge in [0.25, 0.3) is 0 Å². The molecule has 1 heterocycles. The van der Waals surface area contributed by atoms with E-state index in [0.29, 0.717) is 17.8 Å². The number of aliphatic imine (C=N–C) groups is 1. The molecule has 0 saturated heterocycles. The largest absolute Gasteiger partial charge is 0.496 e. The topological polar surface area (TPSA) is 59.6 Å². The van der Waals surface area contributed by atoms with Gasteiger partial charge in [0.15, 0.2) is 5.96 Å². The van der Waals surface area contributed by atoms with E-state index in [4.69, 9.17) is 10.5 Å². The summed E-state index contributed by atoms with van der Waals surface area (Å²) >= 11 is 1.98. The molecule has 5 heteroatoms. The highest BCUT2D eigenvalue weighted by atomic mass is 32.2. The van der Waals surface area contributed by atoms with E-state index in [2.05, 4.69) is 34.6 Å². The highest BCUT2D eigenvalue weighted by Gasteiger charge is 2.20. The summed E-state index contributed by atoms with van der Waals surface area (Å²) in [6.45, 7) is 1.31. The van der Waals surface area contributed by atoms with Crippen LogP contribution in [0.5, 0.6) is 5.75 Å². The molecule has 0 aliphatic carbocycles. The Labute approximate surface area is 147 Å². The summed E-state index contributed by atoms with van der Waals surface area (Å²) in [4.78, 5) is 4.44. The number of nitrogens with one attached hydrogen (secondary N) is 1. The molecule has 0 bridgehead atoms. The monoisotopic (exact) mass is 341 g/mol. The number of fused-ring (bicyclic) bond motifs is 1. The van der Waals surface area contributed by atoms with Crippen LogP contribution in [0.2, 0.25) is 0 Å². The van der Waals surface area contributed by atoms with Crippen molar-refractivity contribution in [1.29, 1.82) is 0 Å². The van der Waals surface area contributed by atoms with Crippen LogP contribution in [-0.2, 0) is 13.0 Å². The van der Waals surface area contributed by atoms with Gasteiger partial charge in [0.2, 0.25) is 0 Å². The number of thioether (sulfide) groups is 1. The molecule has 4 nitrogen and oxygen atoms in total. The van der Waals surface area contributed by atoms with Crippen molar-refractivity contribution in [2.24, 2.45) is 10.7 Å². The summed E-state index contributed by atoms with van der Waals surface area (Å²) in [5.74, 6) is 2.47. The zero-order valence-corrected chi connectivity index (χ0v) is 14.7. The van der Waals surface area contributed by atoms with Gasteiger partial charge in [-0.15, -0.1) is 0 Å². The van der Waals surface area contributed by atoms with Crippen LogP contribution in [0.25, 0.3) is 0 Å². The van der Waals surface area contributed by atoms with Crippen molar-refractivity contribution in [3.63, 3.8) is 0 Å². The van der Waals surface area contributed by atoms with Gasteiger partial charge in [-0.05, 0) is 29.4 Å². The minimum absolute atomic E-state index is 0.426. The molecule has 0 spiro atoms. The molecule has 0 aromatic heterocycles. The van der Waals surface area contributed by atoms with Crippen molar-refractivity contribution >= 4 is 17.7 Å². The van der Waals surface area contributed by atoms with E-state index in [1.54, 1.807) is 7.11 Å². The number of guanidine groups is 1. The molecule has 0 amide bonds. The number of benzene rings is 2. The third-order valence-electron chi connectivity index (χ3n) is 4.17. The van der Waals surface area contributed by atoms with Crippen LogP contribution in [0.4, 0.5) is 0 Å². The van der Waals surface area contributed by atoms with E-state index in [-0.39, 0.29) is 0 Å². The molecule has 24 heavy (non-hydrogen) atoms. The Morgan fingerprint density at radius 2 is 2.04 bits per heavy atom. The van der Waals surface area contributed by atoms with Gasteiger partial charge in [-0.2, -0.15) is 11.8 Å². The summed E-state index contributed by atoms with van der Waals surface area (Å²) in [7, 11) is 1.67. The van der Waals surface area contributed by atoms with Gasteiger partial charge in [-0.3, -0.25) is 0 Å². The van der Waals surface area contributed by atoms with E-state index >= 15 is 0 Å². The summed E-state index contributed by atoms with van der Waals surface area (Å²) in [5.41, 5.74) is 9.94. The van der Waals surface area contributed by atoms with Gasteiger partial charge in [0.05, 0.1) is 13.7 Å². The molecule has 3 rings (SSSR count). The van der Waals surface area contributed by atoms with Crippen LogP contribution in [0.1, 0.15) is 21.9 Å². The molecule has 1 aliphatic rings. The standard InChI is InChI=1S/C19H23N3OS/c1-23-17-9-5-3-7-15(17)12-21-19(20)22-13-18-16-8-4-2-6-14(16)10-11-24-18/h2-9,18H,10-13H2,1H3,(H3,20,21,22). The van der Waals surface area contributed by atoms with Gasteiger partial charge >= 0.3 is 0 Å². The lowest BCUT2D eigenvalue weighted by molar-refractivity contribution is 0.410. The Kier molecular flexibility index (Phi) is 5.64. The minimum Gasteiger partial charge on any atom is -0.496 e. The first-order chi connectivity index (χ1) is 11.8. The van der Waals surface area contributed by atoms with Gasteiger partial charge in [-0.1, -0.05) is 42.5 Å². The maximum atomic E-state index is 6.04. The second-order valence-electron chi connectivity index (χ2n) is 5.70. The van der Waals surface area contributed by atoms with Crippen LogP contribution in [0.3, 0.4) is 0 Å². The van der Waals surface area contributed by atoms with Gasteiger partial charge < -0.3 is 15.8 Å². The lowest BCUT2D eigenvalue weighted by atomic mass is 10.0. The van der Waals surface area contributed by atoms with Crippen LogP contribution in [0.15, 0.2) is 53.5 Å². The van der Waals surface area contributed by atoms with Crippen LogP contribution in [-0.4, -0.2) is 25.4 Å². The Bertz CT molecular complexity index is 717. The summed E-state index contributed by atoms with van der Waals surface area (Å²) in [6.07, 6.45) is 1.15. The molecule has 0 fully saturated rings. The van der Waals surface area contributed by atoms with E-state index in [1.165, 1.54) is 11.1 Å². The molecule has 0 saturated carbocycles. The molecule has 0 radical (unpaired) electrons. The Hall–Kier alpha value is -2.14. The fourth-order valence-corrected chi connectivity index (χ4v) is 4.14. The number of nitrogens with zero attached hydrogens (tertiary/aromatic N) is 1. The first-order valence-corrected chi connectivity index (χ1v) is 9.18. The fraction of sp³-hybridized carbons (Fsp3) is 0.316. The van der Waals surface area contributed by atoms with Crippen molar-refractivity contribution in [3.8, 4) is 5.75 Å². The third kappa shape index (κ3) is 4.03. The number of rotatable bonds is 5. The quantitative estimate of drug-likeness (QED) is 0.648. The number of para-hydroxylation sites is 1. The number of ether oxygens (including phenoxy) is 1. The predicted octanol–water partition coefficient (Wildman–Crippen LogP) is 3.13. The molecule has 1 aliphatic heterocycles. The molecule has 3 N–H and O–H groups in total. The molecule has 1 atom stereocenters. The normalized spacial score (nSPS) is 17.2. The van der Waals surface area contributed by atoms with Crippen molar-refractivity contribution in [1.82, 2.24) is 5.32 Å². The summed E-state index contributed by atoms with van der Waals surface area (Å²) in [5, 5.41) is 3.69. The van der Waals surface area contributed by atoms with Crippen molar-refractivity contribution in [2.75, 3.05) is 19.4 Å². The first kappa shape index (κ1) is 16.7. The summed E-state index contributed by atoms with van der Waals surface area (Å²) < 4.78 is 5.34. The van der Waals surface area contributed by atoms with E-state index in [1.807, 2.05) is 36.0 Å². The molecular formula is C19H23N3OS. The summed E-state index contributed by atoms with van der Waals surface area (Å²) in [6, 6.07) is 16.5. The molecular weight excluding hydrogens is 318 g/mol. The number of aryl methyl sites for hydroxylation is 1. The van der Waals surface area contributed by atoms with E-state index in [9.17, 15) is 0 Å². The smallest absolute Gasteiger partial charge is 0.188 e. The van der Waals surface area contributed by atoms with Crippen LogP contribution >= 0.6 is 11.8 Å². The Balaban J connectivity index is 1.59. The average molecular weight is 341 g/mol. The fourth-order valence-electron chi connectivity index (χ4n) is 2.90. The van der Waals surface area contributed by atoms with Gasteiger partial charge in [0, 0.05) is 17.4 Å². The average Bonchev–Trinajstić information content (AvgIpc) is 2.64. The maximum absolute atomic E-state index is 6.04. The SMILES string of the molecule is COc1ccccc1CN=C(N)NCC1SCCc2ccccc21. The molecule has 1 unspecified atom stereocenters. The number of hydrogen-bond donors (Lipinski definition) is 2. The first-order valence-electron chi connectivity index (χ1n) is 8.13. The van der Waals surface area contributed by atoms with Gasteiger partial charge in [-0.25, -0.2) is 4.99 Å². The third-order valence-corrected chi connectivity index (χ3v) is 5.44. The highest BCUT2D eigenvalue weighted by Crippen LogP contribution is 2.35. The van der Waals surface area contributed by atoms with Crippen LogP contribution < -0.4 is 15.8 Å². The number of methoxy groups -OCH3 is 1. The van der Waals surface area contributed by atoms with Crippen molar-refractivity contribution in [3.05, 3.63) is 65.2 Å². The van der Waals surface area contributed by atoms with Crippen LogP contribution in [0, 0.1) is 0 Å². The second-order valence-corrected chi connectivity index (χ2v) is 7.01. The lowest BCUT2D eigenvalue weighted by Gasteiger charge is -2.25. The second kappa shape index (κ2) is 8.11. The zero-order chi connectivity index (χ0) is 16.8. The Morgan fingerprint density at radius 1 is 1.25 bits per heavy atom. The van der Waals surface area contributed by atoms with E-state index < -0.39 is 0 Å². The maximum Gasteiger partial charge on any atom is 0.188 e. The Morgan fingerprint density at radius 3 is 2.92 bits per heavy atom.